The van der Waals surface area contributed by atoms with Crippen LogP contribution < -0.4 is 4.74 Å². The van der Waals surface area contributed by atoms with Crippen molar-refractivity contribution in [3.63, 3.8) is 0 Å². The molecule has 3 rings (SSSR count). The Morgan fingerprint density at radius 1 is 0.811 bits per heavy atom. The molecule has 0 N–H and O–H groups in total. The minimum atomic E-state index is -1.99. The van der Waals surface area contributed by atoms with Crippen LogP contribution in [0.2, 0.25) is 0 Å². The molecule has 1 aromatic heterocycles. The van der Waals surface area contributed by atoms with Gasteiger partial charge in [0.05, 0.1) is 0 Å². The number of carbonyl (C=O) groups excluding carboxylic acids is 1. The highest BCUT2D eigenvalue weighted by atomic mass is 19.1. The van der Waals surface area contributed by atoms with Crippen LogP contribution in [0.25, 0.3) is 22.5 Å². The molecule has 1 atom stereocenters. The smallest absolute Gasteiger partial charge is 0.348 e. The first-order valence-electron chi connectivity index (χ1n) is 13.9. The molecule has 0 radical (unpaired) electrons. The third-order valence-corrected chi connectivity index (χ3v) is 6.74. The highest BCUT2D eigenvalue weighted by Crippen LogP contribution is 2.32. The summed E-state index contributed by atoms with van der Waals surface area (Å²) in [5.41, 5.74) is 2.04. The second kappa shape index (κ2) is 14.6. The molecule has 3 aromatic rings. The van der Waals surface area contributed by atoms with Crippen LogP contribution in [0.1, 0.15) is 90.5 Å². The fourth-order valence-corrected chi connectivity index (χ4v) is 4.39. The maximum atomic E-state index is 14.8. The first-order chi connectivity index (χ1) is 17.9. The van der Waals surface area contributed by atoms with Crippen LogP contribution >= 0.6 is 0 Å². The van der Waals surface area contributed by atoms with Crippen molar-refractivity contribution >= 4 is 5.97 Å². The first kappa shape index (κ1) is 28.5. The number of unbranched alkanes of at least 4 members (excludes halogenated alkanes) is 7. The lowest BCUT2D eigenvalue weighted by Crippen LogP contribution is -2.34. The van der Waals surface area contributed by atoms with Crippen molar-refractivity contribution in [2.45, 2.75) is 97.1 Å². The molecule has 198 valence electrons. The zero-order valence-electron chi connectivity index (χ0n) is 22.6. The van der Waals surface area contributed by atoms with Gasteiger partial charge in [0.25, 0.3) is 0 Å². The number of aryl methyl sites for hydroxylation is 1. The summed E-state index contributed by atoms with van der Waals surface area (Å²) in [6.07, 6.45) is 15.0. The van der Waals surface area contributed by atoms with Gasteiger partial charge in [0.15, 0.2) is 5.82 Å². The summed E-state index contributed by atoms with van der Waals surface area (Å²) >= 11 is 0. The molecule has 4 nitrogen and oxygen atoms in total. The highest BCUT2D eigenvalue weighted by molar-refractivity contribution is 5.82. The second-order valence-corrected chi connectivity index (χ2v) is 10.0. The van der Waals surface area contributed by atoms with Gasteiger partial charge >= 0.3 is 5.97 Å². The topological polar surface area (TPSA) is 52.1 Å². The van der Waals surface area contributed by atoms with Crippen molar-refractivity contribution in [2.24, 2.45) is 0 Å². The summed E-state index contributed by atoms with van der Waals surface area (Å²) < 4.78 is 20.2. The normalized spacial score (nSPS) is 12.8. The van der Waals surface area contributed by atoms with Crippen LogP contribution in [-0.4, -0.2) is 21.6 Å². The Labute approximate surface area is 221 Å². The zero-order chi connectivity index (χ0) is 26.5. The maximum Gasteiger partial charge on any atom is 0.348 e. The molecule has 2 aromatic carbocycles. The Kier molecular flexibility index (Phi) is 11.2. The molecule has 37 heavy (non-hydrogen) atoms. The summed E-state index contributed by atoms with van der Waals surface area (Å²) in [4.78, 5) is 21.7. The van der Waals surface area contributed by atoms with Gasteiger partial charge in [-0.05, 0) is 61.4 Å². The average Bonchev–Trinajstić information content (AvgIpc) is 2.92. The first-order valence-corrected chi connectivity index (χ1v) is 13.9. The van der Waals surface area contributed by atoms with Crippen LogP contribution in [0.3, 0.4) is 0 Å². The van der Waals surface area contributed by atoms with Crippen LogP contribution in [0.15, 0.2) is 60.9 Å². The molecule has 0 fully saturated rings. The lowest BCUT2D eigenvalue weighted by atomic mass is 9.98. The van der Waals surface area contributed by atoms with Gasteiger partial charge in [-0.3, -0.25) is 0 Å². The molecule has 1 heterocycles. The minimum Gasteiger partial charge on any atom is -0.424 e. The standard InChI is InChI=1S/C32H41FN2O2/c1-4-6-8-10-11-15-25-23-34-30(35-24-25)29-17-13-12-16-28(29)26-18-20-27(21-19-26)37-31(36)32(3,33)22-14-9-7-5-2/h12-13,16-21,23-24H,4-11,14-15,22H2,1-3H3. The number of alkyl halides is 1. The van der Waals surface area contributed by atoms with E-state index < -0.39 is 11.6 Å². The molecule has 0 saturated heterocycles. The summed E-state index contributed by atoms with van der Waals surface area (Å²) in [5.74, 6) is 0.177. The van der Waals surface area contributed by atoms with Gasteiger partial charge in [-0.2, -0.15) is 0 Å². The van der Waals surface area contributed by atoms with E-state index in [4.69, 9.17) is 4.74 Å². The average molecular weight is 505 g/mol. The Morgan fingerprint density at radius 2 is 1.41 bits per heavy atom. The quantitative estimate of drug-likeness (QED) is 0.118. The molecular weight excluding hydrogens is 463 g/mol. The molecule has 0 aliphatic heterocycles. The zero-order valence-corrected chi connectivity index (χ0v) is 22.6. The highest BCUT2D eigenvalue weighted by Gasteiger charge is 2.34. The Balaban J connectivity index is 1.65. The molecule has 0 aliphatic carbocycles. The van der Waals surface area contributed by atoms with E-state index in [1.165, 1.54) is 32.6 Å². The van der Waals surface area contributed by atoms with E-state index >= 15 is 0 Å². The van der Waals surface area contributed by atoms with Crippen molar-refractivity contribution in [3.8, 4) is 28.3 Å². The van der Waals surface area contributed by atoms with Gasteiger partial charge in [-0.1, -0.05) is 95.2 Å². The van der Waals surface area contributed by atoms with E-state index in [0.717, 1.165) is 54.4 Å². The van der Waals surface area contributed by atoms with Crippen LogP contribution in [0, 0.1) is 0 Å². The van der Waals surface area contributed by atoms with E-state index in [1.54, 1.807) is 12.1 Å². The summed E-state index contributed by atoms with van der Waals surface area (Å²) in [6, 6.07) is 15.2. The van der Waals surface area contributed by atoms with Gasteiger partial charge in [0.2, 0.25) is 5.67 Å². The molecule has 0 saturated carbocycles. The lowest BCUT2D eigenvalue weighted by Gasteiger charge is -2.18. The van der Waals surface area contributed by atoms with E-state index in [-0.39, 0.29) is 6.42 Å². The molecule has 0 bridgehead atoms. The molecule has 0 spiro atoms. The van der Waals surface area contributed by atoms with E-state index in [1.807, 2.05) is 48.8 Å². The number of ether oxygens (including phenoxy) is 1. The number of benzene rings is 2. The van der Waals surface area contributed by atoms with E-state index in [2.05, 4.69) is 23.8 Å². The van der Waals surface area contributed by atoms with Gasteiger partial charge in [-0.15, -0.1) is 0 Å². The van der Waals surface area contributed by atoms with E-state index in [0.29, 0.717) is 18.0 Å². The third kappa shape index (κ3) is 8.77. The molecule has 1 unspecified atom stereocenters. The van der Waals surface area contributed by atoms with E-state index in [9.17, 15) is 9.18 Å². The van der Waals surface area contributed by atoms with Gasteiger partial charge < -0.3 is 4.74 Å². The lowest BCUT2D eigenvalue weighted by molar-refractivity contribution is -0.147. The number of hydrogen-bond acceptors (Lipinski definition) is 4. The van der Waals surface area contributed by atoms with Crippen molar-refractivity contribution in [1.82, 2.24) is 9.97 Å². The van der Waals surface area contributed by atoms with Gasteiger partial charge in [-0.25, -0.2) is 19.2 Å². The number of esters is 1. The molecular formula is C32H41FN2O2. The van der Waals surface area contributed by atoms with Crippen LogP contribution in [0.5, 0.6) is 5.75 Å². The largest absolute Gasteiger partial charge is 0.424 e. The minimum absolute atomic E-state index is 0.176. The third-order valence-electron chi connectivity index (χ3n) is 6.74. The predicted molar refractivity (Wildman–Crippen MR) is 149 cm³/mol. The van der Waals surface area contributed by atoms with Crippen LogP contribution in [-0.2, 0) is 11.2 Å². The molecule has 0 amide bonds. The Bertz CT molecular complexity index is 1090. The number of aromatic nitrogens is 2. The van der Waals surface area contributed by atoms with Crippen LogP contribution in [0.4, 0.5) is 4.39 Å². The van der Waals surface area contributed by atoms with Crippen molar-refractivity contribution in [2.75, 3.05) is 0 Å². The summed E-state index contributed by atoms with van der Waals surface area (Å²) in [5, 5.41) is 0. The Hall–Kier alpha value is -3.08. The Morgan fingerprint density at radius 3 is 2.05 bits per heavy atom. The summed E-state index contributed by atoms with van der Waals surface area (Å²) in [7, 11) is 0. The van der Waals surface area contributed by atoms with Crippen molar-refractivity contribution < 1.29 is 13.9 Å². The number of hydrogen-bond donors (Lipinski definition) is 0. The number of carbonyl (C=O) groups is 1. The molecule has 5 heteroatoms. The SMILES string of the molecule is CCCCCCCc1cnc(-c2ccccc2-c2ccc(OC(=O)C(C)(F)CCCCCC)cc2)nc1. The monoisotopic (exact) mass is 504 g/mol. The second-order valence-electron chi connectivity index (χ2n) is 10.0. The maximum absolute atomic E-state index is 14.8. The van der Waals surface area contributed by atoms with Gasteiger partial charge in [0.1, 0.15) is 5.75 Å². The van der Waals surface area contributed by atoms with Gasteiger partial charge in [0, 0.05) is 18.0 Å². The summed E-state index contributed by atoms with van der Waals surface area (Å²) in [6.45, 7) is 5.64. The predicted octanol–water partition coefficient (Wildman–Crippen LogP) is 8.93. The fourth-order valence-electron chi connectivity index (χ4n) is 4.39. The number of nitrogens with zero attached hydrogens (tertiary/aromatic N) is 2. The van der Waals surface area contributed by atoms with Crippen molar-refractivity contribution in [1.29, 1.82) is 0 Å². The molecule has 0 aliphatic rings. The van der Waals surface area contributed by atoms with Crippen molar-refractivity contribution in [3.05, 3.63) is 66.5 Å². The number of halogens is 1. The number of rotatable bonds is 15. The fraction of sp³-hybridized carbons (Fsp3) is 0.469.